The lowest BCUT2D eigenvalue weighted by atomic mass is 10.1. The summed E-state index contributed by atoms with van der Waals surface area (Å²) in [6.45, 7) is 4.17. The van der Waals surface area contributed by atoms with E-state index in [-0.39, 0.29) is 0 Å². The van der Waals surface area contributed by atoms with E-state index in [1.807, 2.05) is 6.92 Å². The Balaban J connectivity index is 2.71. The fourth-order valence-electron chi connectivity index (χ4n) is 1.65. The number of hydroxylamine groups is 1. The van der Waals surface area contributed by atoms with Crippen LogP contribution in [0.3, 0.4) is 0 Å². The van der Waals surface area contributed by atoms with Crippen molar-refractivity contribution >= 4 is 11.8 Å². The van der Waals surface area contributed by atoms with Crippen molar-refractivity contribution in [3.05, 3.63) is 29.8 Å². The summed E-state index contributed by atoms with van der Waals surface area (Å²) < 4.78 is 5.42. The van der Waals surface area contributed by atoms with Crippen molar-refractivity contribution in [1.82, 2.24) is 10.8 Å². The first-order valence-corrected chi connectivity index (χ1v) is 6.72. The molecule has 0 aromatic heterocycles. The number of nitrogens with one attached hydrogen (secondary N) is 2. The van der Waals surface area contributed by atoms with E-state index in [1.165, 1.54) is 5.48 Å². The fraction of sp³-hybridized carbons (Fsp3) is 0.429. The van der Waals surface area contributed by atoms with E-state index in [2.05, 4.69) is 5.32 Å². The smallest absolute Gasteiger partial charge is 0.267 e. The fourth-order valence-corrected chi connectivity index (χ4v) is 1.65. The molecule has 0 aliphatic rings. The van der Waals surface area contributed by atoms with Gasteiger partial charge in [0.05, 0.1) is 6.61 Å². The molecule has 2 atom stereocenters. The van der Waals surface area contributed by atoms with Gasteiger partial charge in [-0.15, -0.1) is 0 Å². The highest BCUT2D eigenvalue weighted by atomic mass is 16.5. The molecule has 0 bridgehead atoms. The van der Waals surface area contributed by atoms with E-state index in [1.54, 1.807) is 31.2 Å². The number of nitrogens with two attached hydrogens (primary N) is 1. The van der Waals surface area contributed by atoms with Gasteiger partial charge < -0.3 is 15.8 Å². The molecule has 21 heavy (non-hydrogen) atoms. The Labute approximate surface area is 123 Å². The second kappa shape index (κ2) is 8.23. The molecular formula is C14H21N3O4. The summed E-state index contributed by atoms with van der Waals surface area (Å²) in [5.41, 5.74) is 7.46. The molecule has 0 saturated carbocycles. The SMILES string of the molecule is CCCOc1ccc(C(=O)N[C@H](C(=O)NO)[C@@H](C)N)cc1. The molecule has 0 aliphatic carbocycles. The lowest BCUT2D eigenvalue weighted by molar-refractivity contribution is -0.131. The molecule has 0 unspecified atom stereocenters. The molecule has 0 spiro atoms. The van der Waals surface area contributed by atoms with E-state index in [0.29, 0.717) is 17.9 Å². The van der Waals surface area contributed by atoms with Gasteiger partial charge in [0.1, 0.15) is 11.8 Å². The number of ether oxygens (including phenoxy) is 1. The van der Waals surface area contributed by atoms with Crippen LogP contribution < -0.4 is 21.3 Å². The lowest BCUT2D eigenvalue weighted by Gasteiger charge is -2.20. The van der Waals surface area contributed by atoms with Crippen LogP contribution in [0.15, 0.2) is 24.3 Å². The van der Waals surface area contributed by atoms with Crippen molar-refractivity contribution in [3.8, 4) is 5.75 Å². The van der Waals surface area contributed by atoms with Gasteiger partial charge in [-0.3, -0.25) is 14.8 Å². The Morgan fingerprint density at radius 1 is 1.33 bits per heavy atom. The standard InChI is InChI=1S/C14H21N3O4/c1-3-8-21-11-6-4-10(5-7-11)13(18)16-12(9(2)15)14(19)17-20/h4-7,9,12,20H,3,8,15H2,1-2H3,(H,16,18)(H,17,19)/t9-,12+/m1/s1. The van der Waals surface area contributed by atoms with Gasteiger partial charge in [0.25, 0.3) is 11.8 Å². The lowest BCUT2D eigenvalue weighted by Crippen LogP contribution is -2.54. The second-order valence-corrected chi connectivity index (χ2v) is 4.66. The highest BCUT2D eigenvalue weighted by Gasteiger charge is 2.24. The molecule has 5 N–H and O–H groups in total. The molecular weight excluding hydrogens is 274 g/mol. The van der Waals surface area contributed by atoms with Crippen LogP contribution in [0.4, 0.5) is 0 Å². The zero-order valence-electron chi connectivity index (χ0n) is 12.1. The van der Waals surface area contributed by atoms with Gasteiger partial charge in [0.2, 0.25) is 0 Å². The first-order valence-electron chi connectivity index (χ1n) is 6.72. The van der Waals surface area contributed by atoms with E-state index in [9.17, 15) is 9.59 Å². The van der Waals surface area contributed by atoms with Crippen LogP contribution >= 0.6 is 0 Å². The maximum atomic E-state index is 12.0. The number of rotatable bonds is 7. The van der Waals surface area contributed by atoms with E-state index >= 15 is 0 Å². The van der Waals surface area contributed by atoms with Crippen molar-refractivity contribution in [2.24, 2.45) is 5.73 Å². The highest BCUT2D eigenvalue weighted by molar-refractivity contribution is 5.97. The predicted molar refractivity (Wildman–Crippen MR) is 77.1 cm³/mol. The topological polar surface area (TPSA) is 114 Å². The molecule has 1 aromatic carbocycles. The van der Waals surface area contributed by atoms with Gasteiger partial charge in [-0.25, -0.2) is 5.48 Å². The first-order chi connectivity index (χ1) is 9.99. The van der Waals surface area contributed by atoms with Crippen LogP contribution in [0.5, 0.6) is 5.75 Å². The quantitative estimate of drug-likeness (QED) is 0.430. The zero-order chi connectivity index (χ0) is 15.8. The van der Waals surface area contributed by atoms with Gasteiger partial charge in [0.15, 0.2) is 0 Å². The molecule has 1 aromatic rings. The first kappa shape index (κ1) is 16.9. The van der Waals surface area contributed by atoms with Crippen LogP contribution in [0.2, 0.25) is 0 Å². The minimum atomic E-state index is -1.02. The van der Waals surface area contributed by atoms with Crippen molar-refractivity contribution in [3.63, 3.8) is 0 Å². The summed E-state index contributed by atoms with van der Waals surface area (Å²) in [7, 11) is 0. The third kappa shape index (κ3) is 5.05. The third-order valence-corrected chi connectivity index (χ3v) is 2.79. The Hall–Kier alpha value is -2.12. The van der Waals surface area contributed by atoms with Gasteiger partial charge >= 0.3 is 0 Å². The largest absolute Gasteiger partial charge is 0.494 e. The van der Waals surface area contributed by atoms with Gasteiger partial charge in [-0.1, -0.05) is 6.92 Å². The number of carbonyl (C=O) groups is 2. The monoisotopic (exact) mass is 295 g/mol. The minimum Gasteiger partial charge on any atom is -0.494 e. The summed E-state index contributed by atoms with van der Waals surface area (Å²) in [4.78, 5) is 23.5. The number of amides is 2. The average molecular weight is 295 g/mol. The number of hydrogen-bond acceptors (Lipinski definition) is 5. The maximum Gasteiger partial charge on any atom is 0.267 e. The summed E-state index contributed by atoms with van der Waals surface area (Å²) in [5.74, 6) is -0.547. The summed E-state index contributed by atoms with van der Waals surface area (Å²) in [6, 6.07) is 4.88. The van der Waals surface area contributed by atoms with Crippen LogP contribution in [0.25, 0.3) is 0 Å². The third-order valence-electron chi connectivity index (χ3n) is 2.79. The van der Waals surface area contributed by atoms with Crippen LogP contribution in [-0.2, 0) is 4.79 Å². The predicted octanol–water partition coefficient (Wildman–Crippen LogP) is 0.426. The molecule has 0 saturated heterocycles. The van der Waals surface area contributed by atoms with Crippen molar-refractivity contribution < 1.29 is 19.5 Å². The normalized spacial score (nSPS) is 13.1. The molecule has 7 nitrogen and oxygen atoms in total. The zero-order valence-corrected chi connectivity index (χ0v) is 12.1. The molecule has 0 radical (unpaired) electrons. The van der Waals surface area contributed by atoms with Gasteiger partial charge in [0, 0.05) is 11.6 Å². The van der Waals surface area contributed by atoms with Crippen LogP contribution in [-0.4, -0.2) is 35.7 Å². The van der Waals surface area contributed by atoms with Crippen LogP contribution in [0, 0.1) is 0 Å². The average Bonchev–Trinajstić information content (AvgIpc) is 2.49. The summed E-state index contributed by atoms with van der Waals surface area (Å²) in [5, 5.41) is 11.1. The Bertz CT molecular complexity index is 474. The minimum absolute atomic E-state index is 0.371. The molecule has 7 heteroatoms. The number of carbonyl (C=O) groups excluding carboxylic acids is 2. The molecule has 2 amide bonds. The Morgan fingerprint density at radius 2 is 1.95 bits per heavy atom. The maximum absolute atomic E-state index is 12.0. The van der Waals surface area contributed by atoms with Gasteiger partial charge in [-0.05, 0) is 37.6 Å². The van der Waals surface area contributed by atoms with E-state index in [0.717, 1.165) is 6.42 Å². The second-order valence-electron chi connectivity index (χ2n) is 4.66. The summed E-state index contributed by atoms with van der Waals surface area (Å²) in [6.07, 6.45) is 0.897. The molecule has 0 fully saturated rings. The van der Waals surface area contributed by atoms with E-state index < -0.39 is 23.9 Å². The Kier molecular flexibility index (Phi) is 6.64. The van der Waals surface area contributed by atoms with E-state index in [4.69, 9.17) is 15.7 Å². The highest BCUT2D eigenvalue weighted by Crippen LogP contribution is 2.12. The summed E-state index contributed by atoms with van der Waals surface area (Å²) >= 11 is 0. The molecule has 1 rings (SSSR count). The van der Waals surface area contributed by atoms with Crippen LogP contribution in [0.1, 0.15) is 30.6 Å². The molecule has 0 aliphatic heterocycles. The van der Waals surface area contributed by atoms with Crippen molar-refractivity contribution in [2.45, 2.75) is 32.4 Å². The number of hydrogen-bond donors (Lipinski definition) is 4. The van der Waals surface area contributed by atoms with Gasteiger partial charge in [-0.2, -0.15) is 0 Å². The molecule has 0 heterocycles. The molecule has 116 valence electrons. The van der Waals surface area contributed by atoms with Crippen molar-refractivity contribution in [2.75, 3.05) is 6.61 Å². The Morgan fingerprint density at radius 3 is 2.43 bits per heavy atom. The van der Waals surface area contributed by atoms with Crippen molar-refractivity contribution in [1.29, 1.82) is 0 Å². The number of benzene rings is 1.